The van der Waals surface area contributed by atoms with E-state index in [1.54, 1.807) is 55.5 Å². The number of oxazole rings is 1. The number of amides is 3. The van der Waals surface area contributed by atoms with Gasteiger partial charge in [-0.1, -0.05) is 24.3 Å². The Morgan fingerprint density at radius 2 is 1.74 bits per heavy atom. The minimum Gasteiger partial charge on any atom is -0.440 e. The van der Waals surface area contributed by atoms with Crippen LogP contribution in [0.4, 0.5) is 11.4 Å². The van der Waals surface area contributed by atoms with Gasteiger partial charge in [0.05, 0.1) is 21.7 Å². The van der Waals surface area contributed by atoms with E-state index in [0.29, 0.717) is 34.2 Å². The van der Waals surface area contributed by atoms with E-state index in [2.05, 4.69) is 10.3 Å². The normalized spacial score (nSPS) is 12.9. The lowest BCUT2D eigenvalue weighted by molar-refractivity contribution is 0.0925. The Kier molecular flexibility index (Phi) is 4.48. The molecule has 2 aromatic heterocycles. The summed E-state index contributed by atoms with van der Waals surface area (Å²) in [6.45, 7) is 1.67. The van der Waals surface area contributed by atoms with Crippen LogP contribution in [0.25, 0.3) is 10.8 Å². The Bertz CT molecular complexity index is 1310. The predicted molar refractivity (Wildman–Crippen MR) is 117 cm³/mol. The number of nitrogens with one attached hydrogen (secondary N) is 1. The van der Waals surface area contributed by atoms with Gasteiger partial charge in [-0.2, -0.15) is 0 Å². The molecule has 0 saturated carbocycles. The molecule has 0 spiro atoms. The lowest BCUT2D eigenvalue weighted by Crippen LogP contribution is -2.29. The number of carbonyl (C=O) groups excluding carboxylic acids is 3. The molecular weight excluding hydrogens is 414 g/mol. The van der Waals surface area contributed by atoms with Crippen molar-refractivity contribution in [3.63, 3.8) is 0 Å². The highest BCUT2D eigenvalue weighted by molar-refractivity contribution is 7.13. The second-order valence-corrected chi connectivity index (χ2v) is 7.84. The van der Waals surface area contributed by atoms with E-state index in [0.717, 1.165) is 9.78 Å². The van der Waals surface area contributed by atoms with Gasteiger partial charge in [0, 0.05) is 5.69 Å². The maximum atomic E-state index is 12.8. The summed E-state index contributed by atoms with van der Waals surface area (Å²) in [4.78, 5) is 44.5. The number of anilines is 2. The first kappa shape index (κ1) is 19.0. The van der Waals surface area contributed by atoms with E-state index in [-0.39, 0.29) is 5.69 Å². The molecule has 0 fully saturated rings. The van der Waals surface area contributed by atoms with Gasteiger partial charge in [0.2, 0.25) is 5.89 Å². The van der Waals surface area contributed by atoms with Crippen LogP contribution in [-0.2, 0) is 0 Å². The Labute approximate surface area is 181 Å². The number of benzene rings is 2. The molecule has 0 bridgehead atoms. The Morgan fingerprint density at radius 3 is 2.42 bits per heavy atom. The van der Waals surface area contributed by atoms with Gasteiger partial charge in [-0.05, 0) is 48.7 Å². The quantitative estimate of drug-likeness (QED) is 0.472. The van der Waals surface area contributed by atoms with Gasteiger partial charge < -0.3 is 9.73 Å². The monoisotopic (exact) mass is 429 g/mol. The molecule has 0 radical (unpaired) electrons. The second kappa shape index (κ2) is 7.33. The third-order valence-corrected chi connectivity index (χ3v) is 5.76. The molecule has 1 aliphatic rings. The number of carbonyl (C=O) groups is 3. The molecular formula is C23H15N3O4S. The summed E-state index contributed by atoms with van der Waals surface area (Å²) in [7, 11) is 0. The first-order chi connectivity index (χ1) is 15.0. The smallest absolute Gasteiger partial charge is 0.277 e. The average Bonchev–Trinajstić information content (AvgIpc) is 3.48. The Hall–Kier alpha value is -4.04. The lowest BCUT2D eigenvalue weighted by Gasteiger charge is -2.15. The van der Waals surface area contributed by atoms with Crippen LogP contribution in [0.1, 0.15) is 37.0 Å². The summed E-state index contributed by atoms with van der Waals surface area (Å²) in [6.07, 6.45) is 0. The van der Waals surface area contributed by atoms with Crippen LogP contribution >= 0.6 is 11.3 Å². The summed E-state index contributed by atoms with van der Waals surface area (Å²) in [5.74, 6) is -0.438. The average molecular weight is 429 g/mol. The van der Waals surface area contributed by atoms with E-state index >= 15 is 0 Å². The molecule has 0 atom stereocenters. The third-order valence-electron chi connectivity index (χ3n) is 4.90. The van der Waals surface area contributed by atoms with Crippen molar-refractivity contribution in [3.05, 3.63) is 88.6 Å². The van der Waals surface area contributed by atoms with Gasteiger partial charge in [0.25, 0.3) is 17.7 Å². The fourth-order valence-corrected chi connectivity index (χ4v) is 4.10. The summed E-state index contributed by atoms with van der Waals surface area (Å²) in [5.41, 5.74) is 1.70. The highest BCUT2D eigenvalue weighted by Gasteiger charge is 2.36. The van der Waals surface area contributed by atoms with Crippen molar-refractivity contribution < 1.29 is 18.8 Å². The molecule has 7 nitrogen and oxygen atoms in total. The van der Waals surface area contributed by atoms with E-state index in [4.69, 9.17) is 4.42 Å². The van der Waals surface area contributed by atoms with Crippen LogP contribution < -0.4 is 10.2 Å². The van der Waals surface area contributed by atoms with Crippen molar-refractivity contribution in [2.75, 3.05) is 10.2 Å². The summed E-state index contributed by atoms with van der Waals surface area (Å²) in [6, 6.07) is 17.0. The Balaban J connectivity index is 1.40. The van der Waals surface area contributed by atoms with Gasteiger partial charge in [0.1, 0.15) is 5.76 Å². The Morgan fingerprint density at radius 1 is 1.00 bits per heavy atom. The zero-order valence-electron chi connectivity index (χ0n) is 16.3. The number of aryl methyl sites for hydroxylation is 1. The molecule has 0 aliphatic carbocycles. The first-order valence-electron chi connectivity index (χ1n) is 9.43. The topological polar surface area (TPSA) is 92.5 Å². The highest BCUT2D eigenvalue weighted by atomic mass is 32.1. The molecule has 3 heterocycles. The predicted octanol–water partition coefficient (Wildman–Crippen LogP) is 4.76. The van der Waals surface area contributed by atoms with Crippen molar-refractivity contribution in [1.29, 1.82) is 0 Å². The fourth-order valence-electron chi connectivity index (χ4n) is 3.45. The van der Waals surface area contributed by atoms with E-state index in [1.807, 2.05) is 17.5 Å². The van der Waals surface area contributed by atoms with Crippen molar-refractivity contribution >= 4 is 40.4 Å². The molecule has 5 rings (SSSR count). The number of fused-ring (bicyclic) bond motifs is 1. The largest absolute Gasteiger partial charge is 0.440 e. The first-order valence-corrected chi connectivity index (χ1v) is 10.3. The summed E-state index contributed by atoms with van der Waals surface area (Å²) >= 11 is 1.47. The van der Waals surface area contributed by atoms with Crippen LogP contribution in [0.2, 0.25) is 0 Å². The van der Waals surface area contributed by atoms with Crippen LogP contribution in [-0.4, -0.2) is 22.7 Å². The van der Waals surface area contributed by atoms with Gasteiger partial charge in [-0.25, -0.2) is 9.88 Å². The number of hydrogen-bond acceptors (Lipinski definition) is 6. The maximum Gasteiger partial charge on any atom is 0.277 e. The molecule has 31 heavy (non-hydrogen) atoms. The lowest BCUT2D eigenvalue weighted by atomic mass is 10.1. The van der Waals surface area contributed by atoms with E-state index in [9.17, 15) is 14.4 Å². The summed E-state index contributed by atoms with van der Waals surface area (Å²) < 4.78 is 5.63. The minimum atomic E-state index is -0.441. The van der Waals surface area contributed by atoms with Gasteiger partial charge in [-0.3, -0.25) is 14.4 Å². The molecule has 1 aliphatic heterocycles. The fraction of sp³-hybridized carbons (Fsp3) is 0.0435. The zero-order valence-corrected chi connectivity index (χ0v) is 17.1. The second-order valence-electron chi connectivity index (χ2n) is 6.90. The molecule has 2 aromatic carbocycles. The van der Waals surface area contributed by atoms with Crippen LogP contribution in [0.5, 0.6) is 0 Å². The van der Waals surface area contributed by atoms with Crippen LogP contribution in [0.3, 0.4) is 0 Å². The molecule has 4 aromatic rings. The summed E-state index contributed by atoms with van der Waals surface area (Å²) in [5, 5.41) is 4.67. The van der Waals surface area contributed by atoms with Crippen molar-refractivity contribution in [3.8, 4) is 10.8 Å². The molecule has 1 N–H and O–H groups in total. The van der Waals surface area contributed by atoms with Crippen LogP contribution in [0.15, 0.2) is 70.5 Å². The highest BCUT2D eigenvalue weighted by Crippen LogP contribution is 2.30. The number of nitrogens with zero attached hydrogens (tertiary/aromatic N) is 2. The van der Waals surface area contributed by atoms with Crippen molar-refractivity contribution in [1.82, 2.24) is 4.98 Å². The van der Waals surface area contributed by atoms with Crippen molar-refractivity contribution in [2.24, 2.45) is 0 Å². The molecule has 0 unspecified atom stereocenters. The van der Waals surface area contributed by atoms with Gasteiger partial charge in [-0.15, -0.1) is 11.3 Å². The molecule has 152 valence electrons. The number of imide groups is 1. The van der Waals surface area contributed by atoms with Crippen LogP contribution in [0, 0.1) is 6.92 Å². The zero-order chi connectivity index (χ0) is 21.5. The minimum absolute atomic E-state index is 0.175. The number of hydrogen-bond donors (Lipinski definition) is 1. The van der Waals surface area contributed by atoms with E-state index in [1.165, 1.54) is 11.3 Å². The molecule has 8 heteroatoms. The van der Waals surface area contributed by atoms with E-state index < -0.39 is 17.7 Å². The van der Waals surface area contributed by atoms with Gasteiger partial charge >= 0.3 is 0 Å². The number of aromatic nitrogens is 1. The SMILES string of the molecule is Cc1oc(-c2cccs2)nc1C(=O)Nc1cccc(N2C(=O)c3ccccc3C2=O)c1. The maximum absolute atomic E-state index is 12.8. The number of thiophene rings is 1. The molecule has 3 amide bonds. The van der Waals surface area contributed by atoms with Gasteiger partial charge in [0.15, 0.2) is 5.69 Å². The molecule has 0 saturated heterocycles. The van der Waals surface area contributed by atoms with Crippen molar-refractivity contribution in [2.45, 2.75) is 6.92 Å². The number of rotatable bonds is 4. The standard InChI is InChI=1S/C23H15N3O4S/c1-13-19(25-21(30-13)18-10-5-11-31-18)20(27)24-14-6-4-7-15(12-14)26-22(28)16-8-2-3-9-17(16)23(26)29/h2-12H,1H3,(H,24,27). The third kappa shape index (κ3) is 3.23.